The lowest BCUT2D eigenvalue weighted by Crippen LogP contribution is -2.24. The third-order valence-electron chi connectivity index (χ3n) is 4.49. The standard InChI is InChI=1S/C19H23NO/c1-15-12-13-20(19(15)17-6-4-3-5-7-17)14-16-8-10-18(21-2)11-9-16/h3-11,15,19H,12-14H2,1-2H3/t15-,19-/m1/s1. The van der Waals surface area contributed by atoms with E-state index in [2.05, 4.69) is 54.3 Å². The van der Waals surface area contributed by atoms with E-state index in [1.54, 1.807) is 7.11 Å². The molecule has 1 fully saturated rings. The third kappa shape index (κ3) is 3.11. The van der Waals surface area contributed by atoms with Crippen LogP contribution in [0.2, 0.25) is 0 Å². The van der Waals surface area contributed by atoms with Crippen LogP contribution in [0, 0.1) is 5.92 Å². The number of methoxy groups -OCH3 is 1. The number of nitrogens with zero attached hydrogens (tertiary/aromatic N) is 1. The minimum Gasteiger partial charge on any atom is -0.497 e. The molecule has 21 heavy (non-hydrogen) atoms. The molecule has 110 valence electrons. The average Bonchev–Trinajstić information content (AvgIpc) is 2.89. The lowest BCUT2D eigenvalue weighted by atomic mass is 9.95. The van der Waals surface area contributed by atoms with E-state index < -0.39 is 0 Å². The summed E-state index contributed by atoms with van der Waals surface area (Å²) in [5, 5.41) is 0. The van der Waals surface area contributed by atoms with E-state index in [0.717, 1.165) is 12.3 Å². The van der Waals surface area contributed by atoms with Gasteiger partial charge in [0, 0.05) is 12.6 Å². The number of hydrogen-bond acceptors (Lipinski definition) is 2. The second kappa shape index (κ2) is 6.31. The zero-order valence-electron chi connectivity index (χ0n) is 12.8. The first-order valence-corrected chi connectivity index (χ1v) is 7.70. The van der Waals surface area contributed by atoms with E-state index >= 15 is 0 Å². The van der Waals surface area contributed by atoms with Gasteiger partial charge in [0.1, 0.15) is 5.75 Å². The first-order chi connectivity index (χ1) is 10.3. The highest BCUT2D eigenvalue weighted by atomic mass is 16.5. The Hall–Kier alpha value is -1.80. The van der Waals surface area contributed by atoms with Crippen molar-refractivity contribution in [2.45, 2.75) is 25.9 Å². The van der Waals surface area contributed by atoms with Gasteiger partial charge in [-0.25, -0.2) is 0 Å². The van der Waals surface area contributed by atoms with Crippen LogP contribution >= 0.6 is 0 Å². The van der Waals surface area contributed by atoms with Gasteiger partial charge in [-0.15, -0.1) is 0 Å². The molecule has 1 saturated heterocycles. The van der Waals surface area contributed by atoms with Crippen molar-refractivity contribution in [3.63, 3.8) is 0 Å². The molecule has 2 atom stereocenters. The van der Waals surface area contributed by atoms with Gasteiger partial charge in [0.15, 0.2) is 0 Å². The number of benzene rings is 2. The number of rotatable bonds is 4. The molecule has 1 aliphatic rings. The van der Waals surface area contributed by atoms with E-state index in [9.17, 15) is 0 Å². The SMILES string of the molecule is COc1ccc(CN2CC[C@@H](C)[C@@H]2c2ccccc2)cc1. The Bertz CT molecular complexity index is 564. The van der Waals surface area contributed by atoms with Crippen LogP contribution in [0.1, 0.15) is 30.5 Å². The first kappa shape index (κ1) is 14.2. The highest BCUT2D eigenvalue weighted by Gasteiger charge is 2.31. The van der Waals surface area contributed by atoms with Gasteiger partial charge in [0.2, 0.25) is 0 Å². The van der Waals surface area contributed by atoms with Crippen molar-refractivity contribution in [3.05, 3.63) is 65.7 Å². The fraction of sp³-hybridized carbons (Fsp3) is 0.368. The molecule has 0 aromatic heterocycles. The van der Waals surface area contributed by atoms with E-state index in [4.69, 9.17) is 4.74 Å². The predicted molar refractivity (Wildman–Crippen MR) is 86.4 cm³/mol. The van der Waals surface area contributed by atoms with Crippen LogP contribution in [0.3, 0.4) is 0 Å². The summed E-state index contributed by atoms with van der Waals surface area (Å²) in [6, 6.07) is 19.9. The van der Waals surface area contributed by atoms with Crippen LogP contribution in [-0.4, -0.2) is 18.6 Å². The molecule has 0 N–H and O–H groups in total. The van der Waals surface area contributed by atoms with Gasteiger partial charge < -0.3 is 4.74 Å². The molecule has 0 bridgehead atoms. The quantitative estimate of drug-likeness (QED) is 0.829. The minimum absolute atomic E-state index is 0.535. The second-order valence-electron chi connectivity index (χ2n) is 5.94. The van der Waals surface area contributed by atoms with Gasteiger partial charge in [-0.2, -0.15) is 0 Å². The zero-order valence-corrected chi connectivity index (χ0v) is 12.8. The Kier molecular flexibility index (Phi) is 4.26. The highest BCUT2D eigenvalue weighted by Crippen LogP contribution is 2.37. The van der Waals surface area contributed by atoms with E-state index in [1.165, 1.54) is 24.1 Å². The minimum atomic E-state index is 0.535. The molecular weight excluding hydrogens is 258 g/mol. The summed E-state index contributed by atoms with van der Waals surface area (Å²) in [6.07, 6.45) is 1.27. The van der Waals surface area contributed by atoms with Gasteiger partial charge in [0.05, 0.1) is 7.11 Å². The molecule has 0 unspecified atom stereocenters. The molecule has 2 aromatic carbocycles. The molecule has 0 saturated carbocycles. The molecule has 1 aliphatic heterocycles. The molecule has 2 heteroatoms. The van der Waals surface area contributed by atoms with Crippen molar-refractivity contribution in [3.8, 4) is 5.75 Å². The molecular formula is C19H23NO. The van der Waals surface area contributed by atoms with Crippen molar-refractivity contribution in [2.75, 3.05) is 13.7 Å². The molecule has 0 aliphatic carbocycles. The van der Waals surface area contributed by atoms with Gasteiger partial charge in [-0.3, -0.25) is 4.90 Å². The molecule has 0 radical (unpaired) electrons. The predicted octanol–water partition coefficient (Wildman–Crippen LogP) is 4.28. The van der Waals surface area contributed by atoms with E-state index in [-0.39, 0.29) is 0 Å². The Morgan fingerprint density at radius 1 is 1.05 bits per heavy atom. The third-order valence-corrected chi connectivity index (χ3v) is 4.49. The van der Waals surface area contributed by atoms with Crippen molar-refractivity contribution < 1.29 is 4.74 Å². The van der Waals surface area contributed by atoms with Crippen LogP contribution in [0.25, 0.3) is 0 Å². The Morgan fingerprint density at radius 3 is 2.43 bits per heavy atom. The maximum atomic E-state index is 5.23. The summed E-state index contributed by atoms with van der Waals surface area (Å²) in [5.74, 6) is 1.64. The Balaban J connectivity index is 1.77. The Labute approximate surface area is 127 Å². The van der Waals surface area contributed by atoms with Crippen molar-refractivity contribution in [1.82, 2.24) is 4.90 Å². The lowest BCUT2D eigenvalue weighted by molar-refractivity contribution is 0.225. The second-order valence-corrected chi connectivity index (χ2v) is 5.94. The molecule has 3 rings (SSSR count). The summed E-state index contributed by atoms with van der Waals surface area (Å²) >= 11 is 0. The number of hydrogen-bond donors (Lipinski definition) is 0. The fourth-order valence-corrected chi connectivity index (χ4v) is 3.36. The molecule has 0 amide bonds. The normalized spacial score (nSPS) is 22.4. The Morgan fingerprint density at radius 2 is 1.76 bits per heavy atom. The smallest absolute Gasteiger partial charge is 0.118 e. The maximum Gasteiger partial charge on any atom is 0.118 e. The van der Waals surface area contributed by atoms with E-state index in [0.29, 0.717) is 12.0 Å². The summed E-state index contributed by atoms with van der Waals surface area (Å²) in [4.78, 5) is 2.60. The van der Waals surface area contributed by atoms with E-state index in [1.807, 2.05) is 12.1 Å². The summed E-state index contributed by atoms with van der Waals surface area (Å²) in [7, 11) is 1.71. The number of ether oxygens (including phenoxy) is 1. The average molecular weight is 281 g/mol. The zero-order chi connectivity index (χ0) is 14.7. The largest absolute Gasteiger partial charge is 0.497 e. The van der Waals surface area contributed by atoms with Gasteiger partial charge in [0.25, 0.3) is 0 Å². The van der Waals surface area contributed by atoms with Crippen LogP contribution in [-0.2, 0) is 6.54 Å². The summed E-state index contributed by atoms with van der Waals surface area (Å²) in [6.45, 7) is 4.55. The van der Waals surface area contributed by atoms with Crippen LogP contribution in [0.5, 0.6) is 5.75 Å². The molecule has 0 spiro atoms. The van der Waals surface area contributed by atoms with Crippen molar-refractivity contribution in [1.29, 1.82) is 0 Å². The maximum absolute atomic E-state index is 5.23. The molecule has 1 heterocycles. The lowest BCUT2D eigenvalue weighted by Gasteiger charge is -2.27. The molecule has 2 aromatic rings. The highest BCUT2D eigenvalue weighted by molar-refractivity contribution is 5.28. The molecule has 2 nitrogen and oxygen atoms in total. The van der Waals surface area contributed by atoms with Crippen LogP contribution in [0.15, 0.2) is 54.6 Å². The van der Waals surface area contributed by atoms with Crippen LogP contribution in [0.4, 0.5) is 0 Å². The fourth-order valence-electron chi connectivity index (χ4n) is 3.36. The van der Waals surface area contributed by atoms with Crippen LogP contribution < -0.4 is 4.74 Å². The topological polar surface area (TPSA) is 12.5 Å². The monoisotopic (exact) mass is 281 g/mol. The van der Waals surface area contributed by atoms with Crippen molar-refractivity contribution >= 4 is 0 Å². The van der Waals surface area contributed by atoms with Gasteiger partial charge in [-0.1, -0.05) is 49.4 Å². The van der Waals surface area contributed by atoms with Gasteiger partial charge in [-0.05, 0) is 42.1 Å². The van der Waals surface area contributed by atoms with Crippen molar-refractivity contribution in [2.24, 2.45) is 5.92 Å². The summed E-state index contributed by atoms with van der Waals surface area (Å²) < 4.78 is 5.23. The summed E-state index contributed by atoms with van der Waals surface area (Å²) in [5.41, 5.74) is 2.79. The van der Waals surface area contributed by atoms with Gasteiger partial charge >= 0.3 is 0 Å². The number of likely N-dealkylation sites (tertiary alicyclic amines) is 1. The first-order valence-electron chi connectivity index (χ1n) is 7.70.